The van der Waals surface area contributed by atoms with Gasteiger partial charge in [-0.3, -0.25) is 0 Å². The van der Waals surface area contributed by atoms with Crippen molar-refractivity contribution in [3.05, 3.63) is 28.2 Å². The van der Waals surface area contributed by atoms with Crippen molar-refractivity contribution in [2.75, 3.05) is 18.0 Å². The SMILES string of the molecule is OC1CCCN(c2cc(Cl)cc(Cl)c2)C1. The van der Waals surface area contributed by atoms with Gasteiger partial charge in [-0.1, -0.05) is 23.2 Å². The minimum atomic E-state index is -0.239. The largest absolute Gasteiger partial charge is 0.391 e. The van der Waals surface area contributed by atoms with Gasteiger partial charge in [0.1, 0.15) is 0 Å². The smallest absolute Gasteiger partial charge is 0.0715 e. The van der Waals surface area contributed by atoms with Crippen molar-refractivity contribution in [3.8, 4) is 0 Å². The minimum absolute atomic E-state index is 0.239. The Morgan fingerprint density at radius 2 is 1.87 bits per heavy atom. The van der Waals surface area contributed by atoms with Gasteiger partial charge in [-0.2, -0.15) is 0 Å². The average molecular weight is 246 g/mol. The van der Waals surface area contributed by atoms with E-state index >= 15 is 0 Å². The number of aliphatic hydroxyl groups is 1. The lowest BCUT2D eigenvalue weighted by Crippen LogP contribution is -2.38. The lowest BCUT2D eigenvalue weighted by molar-refractivity contribution is 0.154. The third kappa shape index (κ3) is 2.77. The molecule has 0 aromatic heterocycles. The molecule has 1 aromatic carbocycles. The highest BCUT2D eigenvalue weighted by Gasteiger charge is 2.18. The number of aliphatic hydroxyl groups excluding tert-OH is 1. The fraction of sp³-hybridized carbons (Fsp3) is 0.455. The second-order valence-electron chi connectivity index (χ2n) is 3.87. The van der Waals surface area contributed by atoms with E-state index in [0.717, 1.165) is 25.1 Å². The monoisotopic (exact) mass is 245 g/mol. The molecule has 1 aliphatic heterocycles. The highest BCUT2D eigenvalue weighted by Crippen LogP contribution is 2.27. The Balaban J connectivity index is 2.20. The molecule has 1 unspecified atom stereocenters. The van der Waals surface area contributed by atoms with Crippen LogP contribution < -0.4 is 4.90 Å². The van der Waals surface area contributed by atoms with E-state index in [1.54, 1.807) is 6.07 Å². The highest BCUT2D eigenvalue weighted by atomic mass is 35.5. The summed E-state index contributed by atoms with van der Waals surface area (Å²) in [4.78, 5) is 2.12. The number of halogens is 2. The van der Waals surface area contributed by atoms with Crippen LogP contribution in [0.5, 0.6) is 0 Å². The summed E-state index contributed by atoms with van der Waals surface area (Å²) in [6, 6.07) is 5.48. The normalized spacial score (nSPS) is 21.8. The predicted molar refractivity (Wildman–Crippen MR) is 63.9 cm³/mol. The maximum absolute atomic E-state index is 9.57. The van der Waals surface area contributed by atoms with E-state index in [-0.39, 0.29) is 6.10 Å². The molecular weight excluding hydrogens is 233 g/mol. The van der Waals surface area contributed by atoms with Crippen molar-refractivity contribution in [1.29, 1.82) is 0 Å². The summed E-state index contributed by atoms with van der Waals surface area (Å²) >= 11 is 11.9. The van der Waals surface area contributed by atoms with E-state index in [2.05, 4.69) is 4.90 Å². The number of nitrogens with zero attached hydrogens (tertiary/aromatic N) is 1. The van der Waals surface area contributed by atoms with Crippen LogP contribution >= 0.6 is 23.2 Å². The summed E-state index contributed by atoms with van der Waals surface area (Å²) < 4.78 is 0. The van der Waals surface area contributed by atoms with Crippen molar-refractivity contribution >= 4 is 28.9 Å². The van der Waals surface area contributed by atoms with Crippen LogP contribution in [0, 0.1) is 0 Å². The molecule has 1 atom stereocenters. The van der Waals surface area contributed by atoms with Crippen LogP contribution in [0.4, 0.5) is 5.69 Å². The minimum Gasteiger partial charge on any atom is -0.391 e. The summed E-state index contributed by atoms with van der Waals surface area (Å²) in [5.41, 5.74) is 0.992. The molecule has 0 aliphatic carbocycles. The zero-order valence-corrected chi connectivity index (χ0v) is 9.80. The molecule has 0 bridgehead atoms. The highest BCUT2D eigenvalue weighted by molar-refractivity contribution is 6.35. The van der Waals surface area contributed by atoms with Gasteiger partial charge in [0.2, 0.25) is 0 Å². The van der Waals surface area contributed by atoms with Crippen LogP contribution in [0.1, 0.15) is 12.8 Å². The topological polar surface area (TPSA) is 23.5 Å². The van der Waals surface area contributed by atoms with E-state index in [1.807, 2.05) is 12.1 Å². The lowest BCUT2D eigenvalue weighted by Gasteiger charge is -2.32. The summed E-state index contributed by atoms with van der Waals surface area (Å²) in [6.45, 7) is 1.62. The van der Waals surface area contributed by atoms with Gasteiger partial charge in [-0.15, -0.1) is 0 Å². The molecule has 1 fully saturated rings. The van der Waals surface area contributed by atoms with E-state index in [9.17, 15) is 5.11 Å². The van der Waals surface area contributed by atoms with Crippen LogP contribution in [0.15, 0.2) is 18.2 Å². The molecule has 0 spiro atoms. The molecular formula is C11H13Cl2NO. The summed E-state index contributed by atoms with van der Waals surface area (Å²) in [5, 5.41) is 10.8. The average Bonchev–Trinajstić information content (AvgIpc) is 2.16. The molecule has 1 aromatic rings. The van der Waals surface area contributed by atoms with Crippen LogP contribution in [0.2, 0.25) is 10.0 Å². The zero-order chi connectivity index (χ0) is 10.8. The number of β-amino-alcohol motifs (C(OH)–C–C–N with tert-alkyl or cyclic N) is 1. The third-order valence-electron chi connectivity index (χ3n) is 2.61. The quantitative estimate of drug-likeness (QED) is 0.823. The molecule has 4 heteroatoms. The van der Waals surface area contributed by atoms with Crippen molar-refractivity contribution in [1.82, 2.24) is 0 Å². The van der Waals surface area contributed by atoms with Gasteiger partial charge in [-0.25, -0.2) is 0 Å². The molecule has 1 heterocycles. The van der Waals surface area contributed by atoms with Crippen molar-refractivity contribution < 1.29 is 5.11 Å². The molecule has 82 valence electrons. The van der Waals surface area contributed by atoms with Gasteiger partial charge in [-0.05, 0) is 31.0 Å². The first-order chi connectivity index (χ1) is 7.15. The molecule has 1 aliphatic rings. The maximum Gasteiger partial charge on any atom is 0.0715 e. The lowest BCUT2D eigenvalue weighted by atomic mass is 10.1. The van der Waals surface area contributed by atoms with E-state index < -0.39 is 0 Å². The standard InChI is InChI=1S/C11H13Cl2NO/c12-8-4-9(13)6-10(5-8)14-3-1-2-11(15)7-14/h4-6,11,15H,1-3,7H2. The van der Waals surface area contributed by atoms with Crippen LogP contribution in [0.3, 0.4) is 0 Å². The number of hydrogen-bond acceptors (Lipinski definition) is 2. The fourth-order valence-corrected chi connectivity index (χ4v) is 2.43. The van der Waals surface area contributed by atoms with Crippen molar-refractivity contribution in [2.24, 2.45) is 0 Å². The molecule has 15 heavy (non-hydrogen) atoms. The Bertz CT molecular complexity index is 336. The molecule has 1 saturated heterocycles. The third-order valence-corrected chi connectivity index (χ3v) is 3.05. The van der Waals surface area contributed by atoms with Crippen LogP contribution in [-0.2, 0) is 0 Å². The van der Waals surface area contributed by atoms with Gasteiger partial charge in [0.05, 0.1) is 6.10 Å². The van der Waals surface area contributed by atoms with Crippen LogP contribution in [-0.4, -0.2) is 24.3 Å². The summed E-state index contributed by atoms with van der Waals surface area (Å²) in [5.74, 6) is 0. The second kappa shape index (κ2) is 4.60. The molecule has 2 rings (SSSR count). The molecule has 1 N–H and O–H groups in total. The van der Waals surface area contributed by atoms with Gasteiger partial charge < -0.3 is 10.0 Å². The number of benzene rings is 1. The molecule has 0 saturated carbocycles. The molecule has 0 amide bonds. The number of rotatable bonds is 1. The summed E-state index contributed by atoms with van der Waals surface area (Å²) in [6.07, 6.45) is 1.65. The van der Waals surface area contributed by atoms with Gasteiger partial charge in [0.15, 0.2) is 0 Å². The van der Waals surface area contributed by atoms with E-state index in [1.165, 1.54) is 0 Å². The Labute approximate surface area is 99.4 Å². The number of piperidine rings is 1. The van der Waals surface area contributed by atoms with Crippen molar-refractivity contribution in [2.45, 2.75) is 18.9 Å². The first-order valence-electron chi connectivity index (χ1n) is 5.04. The van der Waals surface area contributed by atoms with Gasteiger partial charge >= 0.3 is 0 Å². The number of anilines is 1. The zero-order valence-electron chi connectivity index (χ0n) is 8.29. The summed E-state index contributed by atoms with van der Waals surface area (Å²) in [7, 11) is 0. The Morgan fingerprint density at radius 3 is 2.47 bits per heavy atom. The van der Waals surface area contributed by atoms with E-state index in [4.69, 9.17) is 23.2 Å². The van der Waals surface area contributed by atoms with Crippen molar-refractivity contribution in [3.63, 3.8) is 0 Å². The van der Waals surface area contributed by atoms with Gasteiger partial charge in [0, 0.05) is 28.8 Å². The fourth-order valence-electron chi connectivity index (χ4n) is 1.91. The van der Waals surface area contributed by atoms with Crippen LogP contribution in [0.25, 0.3) is 0 Å². The van der Waals surface area contributed by atoms with E-state index in [0.29, 0.717) is 16.6 Å². The maximum atomic E-state index is 9.57. The Kier molecular flexibility index (Phi) is 3.39. The Hall–Kier alpha value is -0.440. The Morgan fingerprint density at radius 1 is 1.20 bits per heavy atom. The molecule has 2 nitrogen and oxygen atoms in total. The first kappa shape index (κ1) is 11.1. The molecule has 0 radical (unpaired) electrons. The first-order valence-corrected chi connectivity index (χ1v) is 5.80. The van der Waals surface area contributed by atoms with Gasteiger partial charge in [0.25, 0.3) is 0 Å². The number of hydrogen-bond donors (Lipinski definition) is 1. The predicted octanol–water partition coefficient (Wildman–Crippen LogP) is 2.95. The second-order valence-corrected chi connectivity index (χ2v) is 4.74.